The molecule has 0 bridgehead atoms. The van der Waals surface area contributed by atoms with Gasteiger partial charge in [-0.3, -0.25) is 0 Å². The molecule has 0 aromatic heterocycles. The third-order valence-electron chi connectivity index (χ3n) is 0. The van der Waals surface area contributed by atoms with Gasteiger partial charge in [0.2, 0.25) is 0 Å². The number of thiocarbonyl (C=S) groups is 1. The molecule has 0 spiro atoms. The van der Waals surface area contributed by atoms with Crippen LogP contribution < -0.4 is 5.73 Å². The molecule has 0 saturated carbocycles. The predicted molar refractivity (Wildman–Crippen MR) is 27.0 cm³/mol. The zero-order chi connectivity index (χ0) is 5.58. The Bertz CT molecular complexity index is 44.8. The van der Waals surface area contributed by atoms with Gasteiger partial charge in [0.15, 0.2) is 0 Å². The van der Waals surface area contributed by atoms with Gasteiger partial charge in [-0.1, -0.05) is 0 Å². The van der Waals surface area contributed by atoms with Crippen LogP contribution in [0.15, 0.2) is 0 Å². The first-order valence-corrected chi connectivity index (χ1v) is 4.08. The normalized spacial score (nSPS) is 4.67. The van der Waals surface area contributed by atoms with Gasteiger partial charge in [-0.15, -0.1) is 0 Å². The Morgan fingerprint density at radius 3 is 1.67 bits per heavy atom. The first kappa shape index (κ1) is 9.78. The van der Waals surface area contributed by atoms with E-state index in [1.54, 1.807) is 0 Å². The number of rotatable bonds is 0. The molecule has 5 heteroatoms. The van der Waals surface area contributed by atoms with Crippen molar-refractivity contribution in [2.75, 3.05) is 0 Å². The van der Waals surface area contributed by atoms with Crippen LogP contribution in [0.1, 0.15) is 0 Å². The zero-order valence-electron chi connectivity index (χ0n) is 2.75. The van der Waals surface area contributed by atoms with Gasteiger partial charge in [-0.25, -0.2) is 0 Å². The van der Waals surface area contributed by atoms with E-state index in [0.29, 0.717) is 0 Å². The standard InChI is InChI=1S/CH3NOS.Mo.S/c2-1(3)4;;/h(H3,2,3,4);;. The van der Waals surface area contributed by atoms with Crippen LogP contribution in [0, 0.1) is 0 Å². The van der Waals surface area contributed by atoms with Crippen molar-refractivity contribution in [3.8, 4) is 0 Å². The molecule has 0 heterocycles. The topological polar surface area (TPSA) is 46.2 Å². The quantitative estimate of drug-likeness (QED) is 0.444. The summed E-state index contributed by atoms with van der Waals surface area (Å²) in [6.45, 7) is 0. The maximum atomic E-state index is 7.56. The number of aliphatic hydroxyl groups excluding tert-OH is 1. The molecule has 2 nitrogen and oxygen atoms in total. The van der Waals surface area contributed by atoms with Crippen LogP contribution >= 0.6 is 22.0 Å². The van der Waals surface area contributed by atoms with Crippen molar-refractivity contribution in [1.29, 1.82) is 0 Å². The molecule has 0 saturated heterocycles. The van der Waals surface area contributed by atoms with Gasteiger partial charge in [0.25, 0.3) is 5.17 Å². The van der Waals surface area contributed by atoms with E-state index in [2.05, 4.69) is 27.8 Å². The average molecular weight is 205 g/mol. The van der Waals surface area contributed by atoms with Crippen LogP contribution in [-0.2, 0) is 18.0 Å². The Morgan fingerprint density at radius 2 is 1.67 bits per heavy atom. The van der Waals surface area contributed by atoms with Crippen LogP contribution in [0.4, 0.5) is 0 Å². The van der Waals surface area contributed by atoms with E-state index in [1.165, 1.54) is 18.0 Å². The van der Waals surface area contributed by atoms with Crippen LogP contribution in [0.5, 0.6) is 0 Å². The predicted octanol–water partition coefficient (Wildman–Crippen LogP) is 0.434. The summed E-state index contributed by atoms with van der Waals surface area (Å²) in [4.78, 5) is 0. The molecule has 0 aliphatic rings. The fraction of sp³-hybridized carbons (Fsp3) is 0. The van der Waals surface area contributed by atoms with Crippen molar-refractivity contribution in [2.45, 2.75) is 0 Å². The molecule has 36 valence electrons. The van der Waals surface area contributed by atoms with Crippen LogP contribution in [0.2, 0.25) is 0 Å². The Balaban J connectivity index is 0. The molecule has 0 radical (unpaired) electrons. The molecule has 6 heavy (non-hydrogen) atoms. The second-order valence-corrected chi connectivity index (χ2v) is 0.757. The third-order valence-corrected chi connectivity index (χ3v) is 0. The molecule has 0 fully saturated rings. The van der Waals surface area contributed by atoms with Gasteiger partial charge in [0.1, 0.15) is 0 Å². The van der Waals surface area contributed by atoms with E-state index in [1.807, 2.05) is 0 Å². The van der Waals surface area contributed by atoms with Gasteiger partial charge in [-0.05, 0) is 12.2 Å². The summed E-state index contributed by atoms with van der Waals surface area (Å²) in [5, 5.41) is 7.06. The van der Waals surface area contributed by atoms with E-state index in [0.717, 1.165) is 0 Å². The van der Waals surface area contributed by atoms with Crippen molar-refractivity contribution in [1.82, 2.24) is 0 Å². The van der Waals surface area contributed by atoms with E-state index in [-0.39, 0.29) is 0 Å². The number of aliphatic hydroxyl groups is 1. The molecule has 0 aliphatic carbocycles. The van der Waals surface area contributed by atoms with Gasteiger partial charge in [-0.2, -0.15) is 0 Å². The van der Waals surface area contributed by atoms with E-state index in [4.69, 9.17) is 5.11 Å². The van der Waals surface area contributed by atoms with Crippen molar-refractivity contribution >= 4 is 27.2 Å². The van der Waals surface area contributed by atoms with E-state index in [9.17, 15) is 0 Å². The maximum absolute atomic E-state index is 7.56. The van der Waals surface area contributed by atoms with Gasteiger partial charge >= 0.3 is 27.8 Å². The summed E-state index contributed by atoms with van der Waals surface area (Å²) < 4.78 is 0. The molecular formula is CH3MoNOS2. The van der Waals surface area contributed by atoms with Crippen molar-refractivity contribution in [2.24, 2.45) is 5.73 Å². The van der Waals surface area contributed by atoms with Crippen molar-refractivity contribution < 1.29 is 23.1 Å². The van der Waals surface area contributed by atoms with Crippen molar-refractivity contribution in [3.63, 3.8) is 0 Å². The van der Waals surface area contributed by atoms with E-state index < -0.39 is 5.17 Å². The molecule has 0 aliphatic heterocycles. The molecule has 0 aromatic rings. The fourth-order valence-electron chi connectivity index (χ4n) is 0. The fourth-order valence-corrected chi connectivity index (χ4v) is 0. The monoisotopic (exact) mass is 207 g/mol. The van der Waals surface area contributed by atoms with Crippen LogP contribution in [0.25, 0.3) is 0 Å². The zero-order valence-corrected chi connectivity index (χ0v) is 6.39. The first-order chi connectivity index (χ1) is 2.73. The second-order valence-electron chi connectivity index (χ2n) is 0.338. The van der Waals surface area contributed by atoms with Crippen LogP contribution in [-0.4, -0.2) is 10.3 Å². The number of hydrogen-bond acceptors (Lipinski definition) is 2. The summed E-state index contributed by atoms with van der Waals surface area (Å²) in [5.41, 5.74) is 4.40. The molecule has 0 aromatic carbocycles. The summed E-state index contributed by atoms with van der Waals surface area (Å²) >= 11 is 5.40. The third kappa shape index (κ3) is 166. The van der Waals surface area contributed by atoms with Crippen LogP contribution in [0.3, 0.4) is 0 Å². The summed E-state index contributed by atoms with van der Waals surface area (Å²) in [5.74, 6) is 0. The number of hydrogen-bond donors (Lipinski definition) is 2. The molecular weight excluding hydrogens is 202 g/mol. The van der Waals surface area contributed by atoms with Gasteiger partial charge in [0.05, 0.1) is 0 Å². The van der Waals surface area contributed by atoms with Gasteiger partial charge in [0, 0.05) is 0 Å². The second kappa shape index (κ2) is 9.14. The summed E-state index contributed by atoms with van der Waals surface area (Å²) in [7, 11) is 4.09. The Hall–Kier alpha value is 0.598. The summed E-state index contributed by atoms with van der Waals surface area (Å²) in [6.07, 6.45) is 0. The first-order valence-electron chi connectivity index (χ1n) is 0.883. The Kier molecular flexibility index (Phi) is 14.9. The molecule has 0 atom stereocenters. The SMILES string of the molecule is NC(O)=S.[S]=[Mo]. The Morgan fingerprint density at radius 1 is 1.67 bits per heavy atom. The minimum absolute atomic E-state index is 0.500. The number of nitrogens with two attached hydrogens (primary N) is 1. The average Bonchev–Trinajstić information content (AvgIpc) is 1.41. The Labute approximate surface area is 56.1 Å². The van der Waals surface area contributed by atoms with Gasteiger partial charge < -0.3 is 10.8 Å². The summed E-state index contributed by atoms with van der Waals surface area (Å²) in [6, 6.07) is 0. The minimum atomic E-state index is -0.500. The van der Waals surface area contributed by atoms with Crippen molar-refractivity contribution in [3.05, 3.63) is 0 Å². The molecule has 0 unspecified atom stereocenters. The van der Waals surface area contributed by atoms with E-state index >= 15 is 0 Å². The molecule has 3 N–H and O–H groups in total. The molecule has 0 rings (SSSR count). The molecule has 0 amide bonds.